The Labute approximate surface area is 154 Å². The summed E-state index contributed by atoms with van der Waals surface area (Å²) in [5.41, 5.74) is 3.76. The van der Waals surface area contributed by atoms with Gasteiger partial charge in [0.2, 0.25) is 6.16 Å². The lowest BCUT2D eigenvalue weighted by Gasteiger charge is -2.14. The fraction of sp³-hybridized carbons (Fsp3) is 0.333. The van der Waals surface area contributed by atoms with E-state index in [1.165, 1.54) is 12.1 Å². The van der Waals surface area contributed by atoms with Gasteiger partial charge in [-0.15, -0.1) is 0 Å². The number of aromatic hydroxyl groups is 1. The molecule has 0 aliphatic heterocycles. The van der Waals surface area contributed by atoms with Gasteiger partial charge in [0.1, 0.15) is 23.0 Å². The molecule has 1 unspecified atom stereocenters. The van der Waals surface area contributed by atoms with Crippen LogP contribution in [-0.4, -0.2) is 37.4 Å². The van der Waals surface area contributed by atoms with E-state index in [9.17, 15) is 18.1 Å². The second-order valence-electron chi connectivity index (χ2n) is 6.21. The van der Waals surface area contributed by atoms with Crippen LogP contribution in [0.2, 0.25) is 0 Å². The van der Waals surface area contributed by atoms with Crippen molar-refractivity contribution < 1.29 is 27.7 Å². The third-order valence-corrected chi connectivity index (χ3v) is 5.72. The largest absolute Gasteiger partial charge is 0.509 e. The summed E-state index contributed by atoms with van der Waals surface area (Å²) in [6.45, 7) is 4.03. The quantitative estimate of drug-likeness (QED) is 0.696. The molecule has 0 aromatic heterocycles. The van der Waals surface area contributed by atoms with Crippen molar-refractivity contribution in [2.45, 2.75) is 25.2 Å². The minimum atomic E-state index is -3.51. The van der Waals surface area contributed by atoms with Gasteiger partial charge in [-0.25, -0.2) is 8.42 Å². The van der Waals surface area contributed by atoms with Crippen LogP contribution in [0.1, 0.15) is 22.3 Å². The van der Waals surface area contributed by atoms with Crippen LogP contribution in [0, 0.1) is 13.8 Å². The Balaban J connectivity index is 2.26. The zero-order chi connectivity index (χ0) is 19.5. The monoisotopic (exact) mass is 397 g/mol. The van der Waals surface area contributed by atoms with Gasteiger partial charge >= 0.3 is 8.03 Å². The molecule has 0 aliphatic rings. The van der Waals surface area contributed by atoms with Crippen molar-refractivity contribution in [3.8, 4) is 11.5 Å². The summed E-state index contributed by atoms with van der Waals surface area (Å²) in [7, 11) is -5.72. The maximum atomic E-state index is 11.8. The van der Waals surface area contributed by atoms with Gasteiger partial charge in [0, 0.05) is 6.26 Å². The van der Waals surface area contributed by atoms with E-state index in [2.05, 4.69) is 0 Å². The molecule has 2 N–H and O–H groups in total. The first-order valence-corrected chi connectivity index (χ1v) is 11.2. The minimum absolute atomic E-state index is 0.0802. The molecular weight excluding hydrogens is 375 g/mol. The van der Waals surface area contributed by atoms with Crippen molar-refractivity contribution in [2.24, 2.45) is 0 Å². The molecule has 0 radical (unpaired) electrons. The summed E-state index contributed by atoms with van der Waals surface area (Å²) in [5.74, 6) is 0.374. The first-order chi connectivity index (χ1) is 12.1. The highest BCUT2D eigenvalue weighted by atomic mass is 32.2. The van der Waals surface area contributed by atoms with Crippen LogP contribution in [0.15, 0.2) is 35.2 Å². The molecule has 0 fully saturated rings. The summed E-state index contributed by atoms with van der Waals surface area (Å²) >= 11 is 0. The predicted molar refractivity (Wildman–Crippen MR) is 100 cm³/mol. The molecule has 0 saturated carbocycles. The van der Waals surface area contributed by atoms with E-state index in [-0.39, 0.29) is 23.4 Å². The second kappa shape index (κ2) is 8.16. The number of phenols is 1. The first-order valence-electron chi connectivity index (χ1n) is 7.96. The molecule has 6 nitrogen and oxygen atoms in total. The van der Waals surface area contributed by atoms with E-state index >= 15 is 0 Å². The number of phenolic OH excluding ortho intramolecular Hbond substituents is 1. The highest BCUT2D eigenvalue weighted by molar-refractivity contribution is 7.90. The average Bonchev–Trinajstić information content (AvgIpc) is 2.51. The number of sulfone groups is 1. The number of hydrogen-bond donors (Lipinski definition) is 2. The highest BCUT2D eigenvalue weighted by Gasteiger charge is 2.15. The van der Waals surface area contributed by atoms with E-state index in [1.807, 2.05) is 26.0 Å². The number of rotatable bonds is 7. The molecule has 2 rings (SSSR count). The Bertz CT molecular complexity index is 914. The molecule has 0 saturated heterocycles. The Hall–Kier alpha value is -1.95. The van der Waals surface area contributed by atoms with Gasteiger partial charge in [-0.2, -0.15) is 4.89 Å². The standard InChI is InChI=1S/C18H21O6PS/c1-12-8-15(24-6-7-25(20)21)9-13(2)16(12)10-14-4-5-17(19)18(11-14)26(3,22)23/h4-5,8-9,11H,6-7,10H2,1-3H3,(H-,19,20,21)/p+1. The number of hydrogen-bond acceptors (Lipinski definition) is 5. The Morgan fingerprint density at radius 1 is 1.12 bits per heavy atom. The van der Waals surface area contributed by atoms with Crippen LogP contribution in [0.4, 0.5) is 0 Å². The van der Waals surface area contributed by atoms with Gasteiger partial charge < -0.3 is 9.84 Å². The molecular formula is C18H22O6PS+. The molecule has 0 amide bonds. The van der Waals surface area contributed by atoms with Gasteiger partial charge in [0.25, 0.3) is 0 Å². The number of aryl methyl sites for hydroxylation is 2. The normalized spacial score (nSPS) is 12.1. The maximum Gasteiger partial charge on any atom is 0.509 e. The fourth-order valence-corrected chi connectivity index (χ4v) is 3.79. The lowest BCUT2D eigenvalue weighted by atomic mass is 9.96. The average molecular weight is 397 g/mol. The molecule has 2 aromatic carbocycles. The number of ether oxygens (including phenoxy) is 1. The Morgan fingerprint density at radius 2 is 1.73 bits per heavy atom. The third-order valence-electron chi connectivity index (χ3n) is 4.03. The SMILES string of the molecule is Cc1cc(OCC[P+](=O)O)cc(C)c1Cc1ccc(O)c(S(C)(=O)=O)c1. The summed E-state index contributed by atoms with van der Waals surface area (Å²) < 4.78 is 39.8. The van der Waals surface area contributed by atoms with Gasteiger partial charge in [-0.3, -0.25) is 0 Å². The van der Waals surface area contributed by atoms with Crippen LogP contribution >= 0.6 is 8.03 Å². The van der Waals surface area contributed by atoms with Crippen LogP contribution in [0.25, 0.3) is 0 Å². The summed E-state index contributed by atoms with van der Waals surface area (Å²) in [4.78, 5) is 8.74. The van der Waals surface area contributed by atoms with Crippen LogP contribution in [0.5, 0.6) is 11.5 Å². The van der Waals surface area contributed by atoms with Crippen molar-refractivity contribution in [3.63, 3.8) is 0 Å². The van der Waals surface area contributed by atoms with E-state index < -0.39 is 17.9 Å². The Kier molecular flexibility index (Phi) is 6.39. The molecule has 1 atom stereocenters. The van der Waals surface area contributed by atoms with E-state index in [0.717, 1.165) is 28.5 Å². The molecule has 0 heterocycles. The first kappa shape index (κ1) is 20.4. The molecule has 8 heteroatoms. The van der Waals surface area contributed by atoms with E-state index in [0.29, 0.717) is 12.2 Å². The lowest BCUT2D eigenvalue weighted by molar-refractivity contribution is 0.337. The van der Waals surface area contributed by atoms with Gasteiger partial charge in [-0.05, 0) is 71.4 Å². The molecule has 0 bridgehead atoms. The van der Waals surface area contributed by atoms with E-state index in [4.69, 9.17) is 9.63 Å². The highest BCUT2D eigenvalue weighted by Crippen LogP contribution is 2.28. The van der Waals surface area contributed by atoms with Crippen molar-refractivity contribution in [1.29, 1.82) is 0 Å². The number of benzene rings is 2. The summed E-state index contributed by atoms with van der Waals surface area (Å²) in [6, 6.07) is 8.29. The van der Waals surface area contributed by atoms with Crippen LogP contribution in [-0.2, 0) is 20.8 Å². The molecule has 2 aromatic rings. The van der Waals surface area contributed by atoms with Crippen molar-refractivity contribution >= 4 is 17.9 Å². The third kappa shape index (κ3) is 5.27. The molecule has 26 heavy (non-hydrogen) atoms. The molecule has 0 aliphatic carbocycles. The summed E-state index contributed by atoms with van der Waals surface area (Å²) in [6.07, 6.45) is 1.66. The minimum Gasteiger partial charge on any atom is -0.507 e. The lowest BCUT2D eigenvalue weighted by Crippen LogP contribution is -2.03. The predicted octanol–water partition coefficient (Wildman–Crippen LogP) is 3.12. The van der Waals surface area contributed by atoms with Crippen molar-refractivity contribution in [3.05, 3.63) is 52.6 Å². The van der Waals surface area contributed by atoms with E-state index in [1.54, 1.807) is 6.07 Å². The van der Waals surface area contributed by atoms with Crippen molar-refractivity contribution in [2.75, 3.05) is 19.0 Å². The Morgan fingerprint density at radius 3 is 2.27 bits per heavy atom. The van der Waals surface area contributed by atoms with Crippen molar-refractivity contribution in [1.82, 2.24) is 0 Å². The maximum absolute atomic E-state index is 11.8. The van der Waals surface area contributed by atoms with Gasteiger partial charge in [0.15, 0.2) is 9.84 Å². The zero-order valence-corrected chi connectivity index (χ0v) is 16.6. The van der Waals surface area contributed by atoms with Crippen LogP contribution in [0.3, 0.4) is 0 Å². The topological polar surface area (TPSA) is 101 Å². The zero-order valence-electron chi connectivity index (χ0n) is 14.9. The smallest absolute Gasteiger partial charge is 0.507 e. The van der Waals surface area contributed by atoms with Crippen LogP contribution < -0.4 is 4.74 Å². The fourth-order valence-electron chi connectivity index (χ4n) is 2.73. The molecule has 0 spiro atoms. The summed E-state index contributed by atoms with van der Waals surface area (Å²) in [5, 5.41) is 9.77. The molecule has 140 valence electrons. The van der Waals surface area contributed by atoms with Gasteiger partial charge in [-0.1, -0.05) is 6.07 Å². The second-order valence-corrected chi connectivity index (χ2v) is 9.35. The van der Waals surface area contributed by atoms with Gasteiger partial charge in [0.05, 0.1) is 0 Å².